The van der Waals surface area contributed by atoms with E-state index < -0.39 is 15.7 Å². The summed E-state index contributed by atoms with van der Waals surface area (Å²) >= 11 is 0. The van der Waals surface area contributed by atoms with Crippen LogP contribution in [0.4, 0.5) is 4.39 Å². The van der Waals surface area contributed by atoms with E-state index in [-0.39, 0.29) is 41.2 Å². The number of nitrogens with one attached hydrogen (secondary N) is 2. The molecule has 2 aromatic carbocycles. The number of hydrogen-bond acceptors (Lipinski definition) is 3. The minimum absolute atomic E-state index is 0. The van der Waals surface area contributed by atoms with Crippen LogP contribution >= 0.6 is 24.0 Å². The molecular formula is C18H23FIN3O2S. The number of benzene rings is 2. The van der Waals surface area contributed by atoms with Gasteiger partial charge in [0.25, 0.3) is 0 Å². The second kappa shape index (κ2) is 10.5. The van der Waals surface area contributed by atoms with Crippen molar-refractivity contribution in [3.8, 4) is 0 Å². The summed E-state index contributed by atoms with van der Waals surface area (Å²) in [4.78, 5) is 3.78. The highest BCUT2D eigenvalue weighted by atomic mass is 127. The zero-order valence-corrected chi connectivity index (χ0v) is 17.8. The molecule has 0 aliphatic heterocycles. The van der Waals surface area contributed by atoms with Gasteiger partial charge in [-0.25, -0.2) is 12.8 Å². The number of halogens is 2. The molecule has 142 valence electrons. The molecule has 0 spiro atoms. The molecule has 0 unspecified atom stereocenters. The predicted octanol–water partition coefficient (Wildman–Crippen LogP) is 2.89. The van der Waals surface area contributed by atoms with Crippen molar-refractivity contribution in [1.29, 1.82) is 0 Å². The summed E-state index contributed by atoms with van der Waals surface area (Å²) < 4.78 is 38.0. The molecule has 0 aliphatic rings. The minimum atomic E-state index is -3.69. The van der Waals surface area contributed by atoms with Crippen molar-refractivity contribution in [2.45, 2.75) is 18.4 Å². The summed E-state index contributed by atoms with van der Waals surface area (Å²) in [6.45, 7) is 2.72. The summed E-state index contributed by atoms with van der Waals surface area (Å²) in [7, 11) is -2.08. The Bertz CT molecular complexity index is 840. The zero-order chi connectivity index (χ0) is 18.3. The van der Waals surface area contributed by atoms with Gasteiger partial charge >= 0.3 is 0 Å². The van der Waals surface area contributed by atoms with Crippen LogP contribution in [-0.2, 0) is 16.4 Å². The first-order chi connectivity index (χ1) is 11.9. The van der Waals surface area contributed by atoms with Crippen molar-refractivity contribution in [3.63, 3.8) is 0 Å². The van der Waals surface area contributed by atoms with Crippen LogP contribution in [0.25, 0.3) is 0 Å². The van der Waals surface area contributed by atoms with Gasteiger partial charge < -0.3 is 10.6 Å². The minimum Gasteiger partial charge on any atom is -0.355 e. The zero-order valence-electron chi connectivity index (χ0n) is 14.7. The Hall–Kier alpha value is -1.68. The van der Waals surface area contributed by atoms with Gasteiger partial charge in [-0.1, -0.05) is 42.0 Å². The fraction of sp³-hybridized carbons (Fsp3) is 0.278. The van der Waals surface area contributed by atoms with Crippen molar-refractivity contribution in [1.82, 2.24) is 10.6 Å². The van der Waals surface area contributed by atoms with Gasteiger partial charge in [0.05, 0.1) is 5.75 Å². The normalized spacial score (nSPS) is 11.6. The average Bonchev–Trinajstić information content (AvgIpc) is 2.59. The van der Waals surface area contributed by atoms with E-state index in [9.17, 15) is 12.8 Å². The molecule has 2 N–H and O–H groups in total. The summed E-state index contributed by atoms with van der Waals surface area (Å²) in [6, 6.07) is 13.4. The molecule has 0 fully saturated rings. The summed E-state index contributed by atoms with van der Waals surface area (Å²) in [5.41, 5.74) is 2.28. The summed E-state index contributed by atoms with van der Waals surface area (Å²) in [6.07, 6.45) is 0. The molecule has 5 nitrogen and oxygen atoms in total. The lowest BCUT2D eigenvalue weighted by molar-refractivity contribution is 0.566. The molecular weight excluding hydrogens is 468 g/mol. The third kappa shape index (κ3) is 6.56. The van der Waals surface area contributed by atoms with E-state index in [1.807, 2.05) is 31.2 Å². The van der Waals surface area contributed by atoms with Crippen LogP contribution in [0.5, 0.6) is 0 Å². The van der Waals surface area contributed by atoms with E-state index in [1.165, 1.54) is 23.8 Å². The molecule has 0 aliphatic carbocycles. The van der Waals surface area contributed by atoms with Crippen LogP contribution in [0.1, 0.15) is 11.1 Å². The first-order valence-electron chi connectivity index (χ1n) is 7.90. The summed E-state index contributed by atoms with van der Waals surface area (Å²) in [5, 5.41) is 6.05. The topological polar surface area (TPSA) is 70.6 Å². The second-order valence-electron chi connectivity index (χ2n) is 5.59. The summed E-state index contributed by atoms with van der Waals surface area (Å²) in [5.74, 6) is -0.465. The molecule has 2 rings (SSSR count). The van der Waals surface area contributed by atoms with Gasteiger partial charge in [-0.15, -0.1) is 24.0 Å². The van der Waals surface area contributed by atoms with E-state index in [0.717, 1.165) is 11.6 Å². The van der Waals surface area contributed by atoms with Gasteiger partial charge in [0.15, 0.2) is 15.8 Å². The van der Waals surface area contributed by atoms with Crippen LogP contribution in [0, 0.1) is 12.7 Å². The SMILES string of the molecule is CN=C(NCCS(=O)(=O)c1ccccc1F)NCc1ccc(C)cc1.I. The fourth-order valence-corrected chi connectivity index (χ4v) is 3.46. The number of sulfone groups is 1. The van der Waals surface area contributed by atoms with E-state index in [4.69, 9.17) is 0 Å². The van der Waals surface area contributed by atoms with Gasteiger partial charge in [-0.05, 0) is 24.6 Å². The molecule has 26 heavy (non-hydrogen) atoms. The monoisotopic (exact) mass is 491 g/mol. The maximum absolute atomic E-state index is 13.6. The van der Waals surface area contributed by atoms with Crippen LogP contribution in [-0.4, -0.2) is 33.7 Å². The lowest BCUT2D eigenvalue weighted by Crippen LogP contribution is -2.39. The van der Waals surface area contributed by atoms with Crippen molar-refractivity contribution in [2.24, 2.45) is 4.99 Å². The Morgan fingerprint density at radius 2 is 1.73 bits per heavy atom. The third-order valence-electron chi connectivity index (χ3n) is 3.64. The number of hydrogen-bond donors (Lipinski definition) is 2. The van der Waals surface area contributed by atoms with E-state index in [2.05, 4.69) is 15.6 Å². The fourth-order valence-electron chi connectivity index (χ4n) is 2.22. The van der Waals surface area contributed by atoms with E-state index in [0.29, 0.717) is 12.5 Å². The third-order valence-corrected chi connectivity index (χ3v) is 5.38. The van der Waals surface area contributed by atoms with E-state index in [1.54, 1.807) is 7.05 Å². The standard InChI is InChI=1S/C18H22FN3O2S.HI/c1-14-7-9-15(10-8-14)13-22-18(20-2)21-11-12-25(23,24)17-6-4-3-5-16(17)19;/h3-10H,11-13H2,1-2H3,(H2,20,21,22);1H. The molecule has 0 bridgehead atoms. The van der Waals surface area contributed by atoms with Gasteiger partial charge in [-0.3, -0.25) is 4.99 Å². The van der Waals surface area contributed by atoms with Gasteiger partial charge in [0.2, 0.25) is 0 Å². The Kier molecular flexibility index (Phi) is 9.00. The van der Waals surface area contributed by atoms with Crippen molar-refractivity contribution in [3.05, 3.63) is 65.5 Å². The van der Waals surface area contributed by atoms with Crippen LogP contribution in [0.3, 0.4) is 0 Å². The van der Waals surface area contributed by atoms with Crippen molar-refractivity contribution < 1.29 is 12.8 Å². The molecule has 0 aromatic heterocycles. The van der Waals surface area contributed by atoms with Crippen LogP contribution in [0.2, 0.25) is 0 Å². The number of rotatable bonds is 6. The average molecular weight is 491 g/mol. The molecule has 0 saturated heterocycles. The van der Waals surface area contributed by atoms with Gasteiger partial charge in [-0.2, -0.15) is 0 Å². The lowest BCUT2D eigenvalue weighted by Gasteiger charge is -2.12. The van der Waals surface area contributed by atoms with E-state index >= 15 is 0 Å². The Balaban J connectivity index is 0.00000338. The van der Waals surface area contributed by atoms with Gasteiger partial charge in [0.1, 0.15) is 10.7 Å². The highest BCUT2D eigenvalue weighted by Crippen LogP contribution is 2.14. The van der Waals surface area contributed by atoms with Crippen LogP contribution in [0.15, 0.2) is 58.4 Å². The maximum atomic E-state index is 13.6. The van der Waals surface area contributed by atoms with Crippen molar-refractivity contribution in [2.75, 3.05) is 19.3 Å². The number of nitrogens with zero attached hydrogens (tertiary/aromatic N) is 1. The molecule has 0 radical (unpaired) electrons. The Morgan fingerprint density at radius 1 is 1.08 bits per heavy atom. The molecule has 0 amide bonds. The van der Waals surface area contributed by atoms with Crippen molar-refractivity contribution >= 4 is 39.8 Å². The number of aryl methyl sites for hydroxylation is 1. The highest BCUT2D eigenvalue weighted by Gasteiger charge is 2.18. The first kappa shape index (κ1) is 22.4. The Morgan fingerprint density at radius 3 is 2.35 bits per heavy atom. The quantitative estimate of drug-likeness (QED) is 0.371. The Labute approximate surface area is 171 Å². The largest absolute Gasteiger partial charge is 0.355 e. The van der Waals surface area contributed by atoms with Gasteiger partial charge in [0, 0.05) is 20.1 Å². The number of guanidine groups is 1. The molecule has 2 aromatic rings. The highest BCUT2D eigenvalue weighted by molar-refractivity contribution is 14.0. The lowest BCUT2D eigenvalue weighted by atomic mass is 10.1. The maximum Gasteiger partial charge on any atom is 0.191 e. The molecule has 0 atom stereocenters. The van der Waals surface area contributed by atoms with Crippen LogP contribution < -0.4 is 10.6 Å². The first-order valence-corrected chi connectivity index (χ1v) is 9.55. The molecule has 0 saturated carbocycles. The smallest absolute Gasteiger partial charge is 0.191 e. The molecule has 8 heteroatoms. The number of aliphatic imine (C=N–C) groups is 1. The molecule has 0 heterocycles. The second-order valence-corrected chi connectivity index (χ2v) is 7.67. The predicted molar refractivity (Wildman–Crippen MR) is 113 cm³/mol.